The number of rotatable bonds is 5. The van der Waals surface area contributed by atoms with Crippen molar-refractivity contribution in [2.24, 2.45) is 0 Å². The zero-order valence-corrected chi connectivity index (χ0v) is 11.8. The number of benzene rings is 1. The molecular formula is C15H22O3. The van der Waals surface area contributed by atoms with Gasteiger partial charge in [0.15, 0.2) is 0 Å². The summed E-state index contributed by atoms with van der Waals surface area (Å²) in [4.78, 5) is 11.0. The number of carboxylic acid groups (broad SMARTS) is 1. The number of hydrogen-bond acceptors (Lipinski definition) is 2. The van der Waals surface area contributed by atoms with E-state index in [1.165, 1.54) is 5.56 Å². The van der Waals surface area contributed by atoms with Crippen LogP contribution in [0.3, 0.4) is 0 Å². The number of carboxylic acids is 1. The minimum absolute atomic E-state index is 0.0882. The van der Waals surface area contributed by atoms with Crippen molar-refractivity contribution in [3.63, 3.8) is 0 Å². The molecule has 1 aromatic rings. The zero-order chi connectivity index (χ0) is 13.9. The average molecular weight is 250 g/mol. The van der Waals surface area contributed by atoms with Crippen LogP contribution in [-0.2, 0) is 10.2 Å². The van der Waals surface area contributed by atoms with Gasteiger partial charge < -0.3 is 9.84 Å². The van der Waals surface area contributed by atoms with Gasteiger partial charge in [0, 0.05) is 11.0 Å². The first-order valence-electron chi connectivity index (χ1n) is 6.18. The Kier molecular flexibility index (Phi) is 4.38. The maximum atomic E-state index is 11.0. The number of aliphatic carboxylic acids is 1. The Morgan fingerprint density at radius 2 is 2.00 bits per heavy atom. The standard InChI is InChI=1S/C15H22O3/c1-10(2)11-6-7-13(18-5)12(8-11)15(3,4)9-14(16)17/h6-8,10H,9H2,1-5H3,(H,16,17). The predicted octanol–water partition coefficient (Wildman–Crippen LogP) is 3.57. The van der Waals surface area contributed by atoms with Crippen LogP contribution in [0.15, 0.2) is 18.2 Å². The Balaban J connectivity index is 3.26. The molecule has 100 valence electrons. The number of methoxy groups -OCH3 is 1. The first kappa shape index (κ1) is 14.6. The highest BCUT2D eigenvalue weighted by Gasteiger charge is 2.27. The molecule has 0 heterocycles. The van der Waals surface area contributed by atoms with E-state index in [4.69, 9.17) is 9.84 Å². The van der Waals surface area contributed by atoms with Crippen LogP contribution in [0, 0.1) is 0 Å². The van der Waals surface area contributed by atoms with Gasteiger partial charge in [-0.05, 0) is 17.5 Å². The molecule has 0 radical (unpaired) electrons. The Morgan fingerprint density at radius 1 is 1.39 bits per heavy atom. The average Bonchev–Trinajstić information content (AvgIpc) is 2.26. The van der Waals surface area contributed by atoms with E-state index in [2.05, 4.69) is 19.9 Å². The maximum Gasteiger partial charge on any atom is 0.304 e. The van der Waals surface area contributed by atoms with Crippen molar-refractivity contribution in [2.75, 3.05) is 7.11 Å². The van der Waals surface area contributed by atoms with E-state index in [1.807, 2.05) is 26.0 Å². The summed E-state index contributed by atoms with van der Waals surface area (Å²) in [6.07, 6.45) is 0.0882. The van der Waals surface area contributed by atoms with E-state index >= 15 is 0 Å². The predicted molar refractivity (Wildman–Crippen MR) is 72.4 cm³/mol. The van der Waals surface area contributed by atoms with Gasteiger partial charge in [-0.15, -0.1) is 0 Å². The summed E-state index contributed by atoms with van der Waals surface area (Å²) in [7, 11) is 1.62. The first-order valence-corrected chi connectivity index (χ1v) is 6.18. The highest BCUT2D eigenvalue weighted by atomic mass is 16.5. The second kappa shape index (κ2) is 5.42. The van der Waals surface area contributed by atoms with Crippen LogP contribution in [-0.4, -0.2) is 18.2 Å². The van der Waals surface area contributed by atoms with Gasteiger partial charge in [0.25, 0.3) is 0 Å². The molecule has 1 aromatic carbocycles. The number of carbonyl (C=O) groups is 1. The van der Waals surface area contributed by atoms with Crippen LogP contribution >= 0.6 is 0 Å². The van der Waals surface area contributed by atoms with Gasteiger partial charge in [-0.2, -0.15) is 0 Å². The molecule has 0 fully saturated rings. The largest absolute Gasteiger partial charge is 0.496 e. The lowest BCUT2D eigenvalue weighted by atomic mass is 9.79. The molecule has 0 aliphatic carbocycles. The second-order valence-corrected chi connectivity index (χ2v) is 5.57. The van der Waals surface area contributed by atoms with E-state index in [9.17, 15) is 4.79 Å². The Labute approximate surface area is 109 Å². The minimum atomic E-state index is -0.794. The fourth-order valence-electron chi connectivity index (χ4n) is 2.09. The smallest absolute Gasteiger partial charge is 0.304 e. The van der Waals surface area contributed by atoms with Gasteiger partial charge in [-0.3, -0.25) is 4.79 Å². The van der Waals surface area contributed by atoms with Crippen LogP contribution in [0.2, 0.25) is 0 Å². The van der Waals surface area contributed by atoms with Crippen molar-refractivity contribution in [3.8, 4) is 5.75 Å². The molecule has 0 bridgehead atoms. The normalized spacial score (nSPS) is 11.7. The van der Waals surface area contributed by atoms with Crippen molar-refractivity contribution >= 4 is 5.97 Å². The topological polar surface area (TPSA) is 46.5 Å². The lowest BCUT2D eigenvalue weighted by Gasteiger charge is -2.26. The minimum Gasteiger partial charge on any atom is -0.496 e. The second-order valence-electron chi connectivity index (χ2n) is 5.57. The highest BCUT2D eigenvalue weighted by molar-refractivity contribution is 5.69. The molecule has 0 saturated carbocycles. The van der Waals surface area contributed by atoms with E-state index in [0.717, 1.165) is 11.3 Å². The lowest BCUT2D eigenvalue weighted by molar-refractivity contribution is -0.138. The zero-order valence-electron chi connectivity index (χ0n) is 11.8. The third kappa shape index (κ3) is 3.25. The van der Waals surface area contributed by atoms with E-state index in [1.54, 1.807) is 7.11 Å². The molecule has 0 aliphatic rings. The maximum absolute atomic E-state index is 11.0. The Hall–Kier alpha value is -1.51. The molecule has 0 atom stereocenters. The van der Waals surface area contributed by atoms with E-state index < -0.39 is 11.4 Å². The molecule has 1 N–H and O–H groups in total. The van der Waals surface area contributed by atoms with Gasteiger partial charge >= 0.3 is 5.97 Å². The Bertz CT molecular complexity index is 433. The van der Waals surface area contributed by atoms with Crippen LogP contribution < -0.4 is 4.74 Å². The molecule has 0 saturated heterocycles. The summed E-state index contributed by atoms with van der Waals surface area (Å²) in [5.74, 6) is 0.373. The molecule has 3 heteroatoms. The van der Waals surface area contributed by atoms with Crippen LogP contribution in [0.4, 0.5) is 0 Å². The lowest BCUT2D eigenvalue weighted by Crippen LogP contribution is -2.22. The summed E-state index contributed by atoms with van der Waals surface area (Å²) in [6.45, 7) is 8.11. The summed E-state index contributed by atoms with van der Waals surface area (Å²) < 4.78 is 5.36. The quantitative estimate of drug-likeness (QED) is 0.869. The monoisotopic (exact) mass is 250 g/mol. The SMILES string of the molecule is COc1ccc(C(C)C)cc1C(C)(C)CC(=O)O. The summed E-state index contributed by atoms with van der Waals surface area (Å²) in [6, 6.07) is 6.02. The molecule has 0 spiro atoms. The van der Waals surface area contributed by atoms with Crippen molar-refractivity contribution < 1.29 is 14.6 Å². The number of hydrogen-bond donors (Lipinski definition) is 1. The molecular weight excluding hydrogens is 228 g/mol. The fourth-order valence-corrected chi connectivity index (χ4v) is 2.09. The summed E-state index contributed by atoms with van der Waals surface area (Å²) >= 11 is 0. The fraction of sp³-hybridized carbons (Fsp3) is 0.533. The van der Waals surface area contributed by atoms with Gasteiger partial charge in [-0.25, -0.2) is 0 Å². The summed E-state index contributed by atoms with van der Waals surface area (Å²) in [5, 5.41) is 9.01. The third-order valence-electron chi connectivity index (χ3n) is 3.21. The molecule has 1 rings (SSSR count). The number of ether oxygens (including phenoxy) is 1. The highest BCUT2D eigenvalue weighted by Crippen LogP contribution is 2.36. The first-order chi connectivity index (χ1) is 8.27. The van der Waals surface area contributed by atoms with E-state index in [0.29, 0.717) is 5.92 Å². The van der Waals surface area contributed by atoms with Gasteiger partial charge in [0.1, 0.15) is 5.75 Å². The van der Waals surface area contributed by atoms with Crippen LogP contribution in [0.1, 0.15) is 51.2 Å². The molecule has 0 aromatic heterocycles. The molecule has 18 heavy (non-hydrogen) atoms. The molecule has 0 aliphatic heterocycles. The van der Waals surface area contributed by atoms with Crippen LogP contribution in [0.5, 0.6) is 5.75 Å². The summed E-state index contributed by atoms with van der Waals surface area (Å²) in [5.41, 5.74) is 1.71. The van der Waals surface area contributed by atoms with Gasteiger partial charge in [-0.1, -0.05) is 39.8 Å². The van der Waals surface area contributed by atoms with Crippen molar-refractivity contribution in [1.29, 1.82) is 0 Å². The van der Waals surface area contributed by atoms with Crippen molar-refractivity contribution in [3.05, 3.63) is 29.3 Å². The molecule has 0 unspecified atom stereocenters. The van der Waals surface area contributed by atoms with Gasteiger partial charge in [0.05, 0.1) is 13.5 Å². The van der Waals surface area contributed by atoms with Crippen molar-refractivity contribution in [1.82, 2.24) is 0 Å². The molecule has 0 amide bonds. The van der Waals surface area contributed by atoms with Gasteiger partial charge in [0.2, 0.25) is 0 Å². The third-order valence-corrected chi connectivity index (χ3v) is 3.21. The van der Waals surface area contributed by atoms with Crippen molar-refractivity contribution in [2.45, 2.75) is 45.4 Å². The molecule has 3 nitrogen and oxygen atoms in total. The van der Waals surface area contributed by atoms with E-state index in [-0.39, 0.29) is 6.42 Å². The Morgan fingerprint density at radius 3 is 2.44 bits per heavy atom. The van der Waals surface area contributed by atoms with Crippen LogP contribution in [0.25, 0.3) is 0 Å².